The van der Waals surface area contributed by atoms with Crippen LogP contribution in [0.15, 0.2) is 12.4 Å². The summed E-state index contributed by atoms with van der Waals surface area (Å²) in [6.07, 6.45) is 4.22. The highest BCUT2D eigenvalue weighted by Crippen LogP contribution is 2.12. The molecule has 1 rings (SSSR count). The molecule has 0 fully saturated rings. The number of rotatable bonds is 7. The first-order valence-electron chi connectivity index (χ1n) is 7.43. The number of hydrogen-bond donors (Lipinski definition) is 0. The molecule has 1 aromatic rings. The monoisotopic (exact) mass is 297 g/mol. The Morgan fingerprint density at radius 3 is 2.67 bits per heavy atom. The molecule has 1 aromatic heterocycles. The summed E-state index contributed by atoms with van der Waals surface area (Å²) in [5.41, 5.74) is -0.496. The molecule has 0 aliphatic carbocycles. The Morgan fingerprint density at radius 1 is 1.38 bits per heavy atom. The van der Waals surface area contributed by atoms with Gasteiger partial charge in [-0.05, 0) is 34.1 Å². The van der Waals surface area contributed by atoms with Gasteiger partial charge in [0, 0.05) is 25.5 Å². The zero-order chi connectivity index (χ0) is 15.9. The zero-order valence-electron chi connectivity index (χ0n) is 13.8. The summed E-state index contributed by atoms with van der Waals surface area (Å²) in [4.78, 5) is 18.0. The van der Waals surface area contributed by atoms with Gasteiger partial charge in [-0.25, -0.2) is 9.78 Å². The van der Waals surface area contributed by atoms with Crippen LogP contribution in [0.4, 0.5) is 4.79 Å². The zero-order valence-corrected chi connectivity index (χ0v) is 13.8. The maximum absolute atomic E-state index is 12.1. The second kappa shape index (κ2) is 8.02. The summed E-state index contributed by atoms with van der Waals surface area (Å²) < 4.78 is 12.8. The van der Waals surface area contributed by atoms with Crippen LogP contribution in [0, 0.1) is 0 Å². The van der Waals surface area contributed by atoms with Gasteiger partial charge in [-0.3, -0.25) is 0 Å². The molecular formula is C15H27N3O3. The molecule has 0 bridgehead atoms. The smallest absolute Gasteiger partial charge is 0.410 e. The lowest BCUT2D eigenvalue weighted by molar-refractivity contribution is 0.0227. The molecule has 6 heteroatoms. The van der Waals surface area contributed by atoms with Crippen molar-refractivity contribution in [2.45, 2.75) is 59.9 Å². The number of imidazole rings is 1. The van der Waals surface area contributed by atoms with E-state index in [0.717, 1.165) is 12.2 Å². The van der Waals surface area contributed by atoms with Gasteiger partial charge in [0.1, 0.15) is 18.2 Å². The molecule has 0 atom stereocenters. The van der Waals surface area contributed by atoms with Gasteiger partial charge in [-0.1, -0.05) is 6.92 Å². The molecular weight excluding hydrogens is 270 g/mol. The average Bonchev–Trinajstić information content (AvgIpc) is 2.81. The quantitative estimate of drug-likeness (QED) is 0.726. The highest BCUT2D eigenvalue weighted by Gasteiger charge is 2.22. The summed E-state index contributed by atoms with van der Waals surface area (Å²) >= 11 is 0. The number of carbonyl (C=O) groups is 1. The molecule has 0 aromatic carbocycles. The molecule has 120 valence electrons. The second-order valence-electron chi connectivity index (χ2n) is 5.85. The van der Waals surface area contributed by atoms with Crippen molar-refractivity contribution in [3.05, 3.63) is 18.2 Å². The first-order valence-corrected chi connectivity index (χ1v) is 7.43. The molecule has 0 saturated heterocycles. The maximum atomic E-state index is 12.1. The van der Waals surface area contributed by atoms with Crippen molar-refractivity contribution in [1.29, 1.82) is 0 Å². The van der Waals surface area contributed by atoms with Crippen LogP contribution in [0.5, 0.6) is 0 Å². The summed E-state index contributed by atoms with van der Waals surface area (Å²) in [5.74, 6) is 0.791. The molecule has 0 N–H and O–H groups in total. The Balaban J connectivity index is 2.65. The third-order valence-electron chi connectivity index (χ3n) is 2.75. The number of ether oxygens (including phenoxy) is 2. The van der Waals surface area contributed by atoms with E-state index in [0.29, 0.717) is 26.4 Å². The van der Waals surface area contributed by atoms with Crippen LogP contribution in [-0.2, 0) is 22.7 Å². The number of nitrogens with zero attached hydrogens (tertiary/aromatic N) is 3. The van der Waals surface area contributed by atoms with Gasteiger partial charge in [0.25, 0.3) is 0 Å². The minimum atomic E-state index is -0.496. The minimum Gasteiger partial charge on any atom is -0.444 e. The maximum Gasteiger partial charge on any atom is 0.410 e. The Hall–Kier alpha value is -1.56. The van der Waals surface area contributed by atoms with Gasteiger partial charge >= 0.3 is 6.09 Å². The molecule has 6 nitrogen and oxygen atoms in total. The average molecular weight is 297 g/mol. The van der Waals surface area contributed by atoms with E-state index in [1.807, 2.05) is 38.5 Å². The molecule has 0 unspecified atom stereocenters. The van der Waals surface area contributed by atoms with Crippen molar-refractivity contribution < 1.29 is 14.3 Å². The summed E-state index contributed by atoms with van der Waals surface area (Å²) in [6, 6.07) is 0. The molecule has 21 heavy (non-hydrogen) atoms. The fourth-order valence-electron chi connectivity index (χ4n) is 1.72. The standard InChI is InChI=1S/C15H27N3O3/c1-6-10-20-12-18-9-8-16-13(18)11-17(7-2)14(19)21-15(3,4)5/h8-9H,6-7,10-12H2,1-5H3. The van der Waals surface area contributed by atoms with Crippen LogP contribution in [-0.4, -0.2) is 39.3 Å². The van der Waals surface area contributed by atoms with Gasteiger partial charge in [-0.15, -0.1) is 0 Å². The van der Waals surface area contributed by atoms with E-state index < -0.39 is 5.60 Å². The van der Waals surface area contributed by atoms with Gasteiger partial charge in [0.2, 0.25) is 0 Å². The Labute approximate surface area is 127 Å². The normalized spacial score (nSPS) is 11.5. The van der Waals surface area contributed by atoms with Crippen molar-refractivity contribution in [2.75, 3.05) is 13.2 Å². The van der Waals surface area contributed by atoms with E-state index in [1.165, 1.54) is 0 Å². The van der Waals surface area contributed by atoms with E-state index in [2.05, 4.69) is 11.9 Å². The molecule has 0 saturated carbocycles. The summed E-state index contributed by atoms with van der Waals surface area (Å²) in [5, 5.41) is 0. The lowest BCUT2D eigenvalue weighted by atomic mass is 10.2. The molecule has 1 heterocycles. The van der Waals surface area contributed by atoms with Crippen molar-refractivity contribution >= 4 is 6.09 Å². The summed E-state index contributed by atoms with van der Waals surface area (Å²) in [6.45, 7) is 11.7. The van der Waals surface area contributed by atoms with E-state index in [-0.39, 0.29) is 6.09 Å². The first kappa shape index (κ1) is 17.5. The number of hydrogen-bond acceptors (Lipinski definition) is 4. The molecule has 0 radical (unpaired) electrons. The first-order chi connectivity index (χ1) is 9.87. The summed E-state index contributed by atoms with van der Waals surface area (Å²) in [7, 11) is 0. The van der Waals surface area contributed by atoms with Gasteiger partial charge < -0.3 is 18.9 Å². The topological polar surface area (TPSA) is 56.6 Å². The van der Waals surface area contributed by atoms with Crippen molar-refractivity contribution in [1.82, 2.24) is 14.5 Å². The van der Waals surface area contributed by atoms with Gasteiger partial charge in [0.05, 0.1) is 6.54 Å². The van der Waals surface area contributed by atoms with Crippen LogP contribution in [0.1, 0.15) is 46.9 Å². The van der Waals surface area contributed by atoms with Crippen LogP contribution < -0.4 is 0 Å². The van der Waals surface area contributed by atoms with E-state index >= 15 is 0 Å². The van der Waals surface area contributed by atoms with Crippen LogP contribution in [0.25, 0.3) is 0 Å². The van der Waals surface area contributed by atoms with Crippen LogP contribution in [0.2, 0.25) is 0 Å². The molecule has 0 aliphatic rings. The van der Waals surface area contributed by atoms with Crippen LogP contribution in [0.3, 0.4) is 0 Å². The Bertz CT molecular complexity index is 438. The van der Waals surface area contributed by atoms with Gasteiger partial charge in [-0.2, -0.15) is 0 Å². The van der Waals surface area contributed by atoms with E-state index in [4.69, 9.17) is 9.47 Å². The molecule has 0 spiro atoms. The predicted octanol–water partition coefficient (Wildman–Crippen LogP) is 3.02. The number of carbonyl (C=O) groups excluding carboxylic acids is 1. The Kier molecular flexibility index (Phi) is 6.68. The van der Waals surface area contributed by atoms with Crippen LogP contribution >= 0.6 is 0 Å². The lowest BCUT2D eigenvalue weighted by Gasteiger charge is -2.26. The van der Waals surface area contributed by atoms with Crippen molar-refractivity contribution in [3.8, 4) is 0 Å². The molecule has 0 aliphatic heterocycles. The predicted molar refractivity (Wildman–Crippen MR) is 80.8 cm³/mol. The Morgan fingerprint density at radius 2 is 2.10 bits per heavy atom. The van der Waals surface area contributed by atoms with E-state index in [9.17, 15) is 4.79 Å². The highest BCUT2D eigenvalue weighted by molar-refractivity contribution is 5.67. The third-order valence-corrected chi connectivity index (χ3v) is 2.75. The van der Waals surface area contributed by atoms with E-state index in [1.54, 1.807) is 11.1 Å². The number of aromatic nitrogens is 2. The third kappa shape index (κ3) is 6.16. The van der Waals surface area contributed by atoms with Crippen molar-refractivity contribution in [3.63, 3.8) is 0 Å². The highest BCUT2D eigenvalue weighted by atomic mass is 16.6. The minimum absolute atomic E-state index is 0.325. The molecule has 1 amide bonds. The largest absolute Gasteiger partial charge is 0.444 e. The lowest BCUT2D eigenvalue weighted by Crippen LogP contribution is -2.37. The van der Waals surface area contributed by atoms with Gasteiger partial charge in [0.15, 0.2) is 0 Å². The fourth-order valence-corrected chi connectivity index (χ4v) is 1.72. The number of amides is 1. The SMILES string of the molecule is CCCOCn1ccnc1CN(CC)C(=O)OC(C)(C)C. The van der Waals surface area contributed by atoms with Crippen molar-refractivity contribution in [2.24, 2.45) is 0 Å². The second-order valence-corrected chi connectivity index (χ2v) is 5.85. The fraction of sp³-hybridized carbons (Fsp3) is 0.733.